The van der Waals surface area contributed by atoms with Crippen molar-refractivity contribution in [3.8, 4) is 0 Å². The summed E-state index contributed by atoms with van der Waals surface area (Å²) in [4.78, 5) is 50.2. The molecule has 3 N–H and O–H groups in total. The maximum Gasteiger partial charge on any atom is 0.430 e. The van der Waals surface area contributed by atoms with Gasteiger partial charge in [0.05, 0.1) is 24.2 Å². The molecule has 0 spiro atoms. The van der Waals surface area contributed by atoms with Crippen molar-refractivity contribution >= 4 is 52.7 Å². The Morgan fingerprint density at radius 3 is 2.29 bits per heavy atom. The van der Waals surface area contributed by atoms with Crippen LogP contribution in [-0.2, 0) is 11.3 Å². The Bertz CT molecular complexity index is 1680. The van der Waals surface area contributed by atoms with Gasteiger partial charge in [-0.3, -0.25) is 14.5 Å². The third-order valence-electron chi connectivity index (χ3n) is 7.95. The van der Waals surface area contributed by atoms with Gasteiger partial charge >= 0.3 is 12.1 Å². The van der Waals surface area contributed by atoms with E-state index in [0.29, 0.717) is 33.1 Å². The number of carboxylic acid groups (broad SMARTS) is 2. The molecule has 234 valence electrons. The molecular weight excluding hydrogens is 615 g/mol. The summed E-state index contributed by atoms with van der Waals surface area (Å²) in [6.45, 7) is 2.74. The number of fused-ring (bicyclic) bond motifs is 1. The molecule has 1 fully saturated rings. The first-order valence-corrected chi connectivity index (χ1v) is 14.4. The number of nitrogens with zero attached hydrogens (tertiary/aromatic N) is 1. The molecule has 0 aromatic heterocycles. The number of benzene rings is 3. The number of Topliss-reactive ketones (excluding diaryl/α,β-unsaturated/α-hetero) is 1. The molecule has 2 bridgehead atoms. The minimum atomic E-state index is -5.19. The monoisotopic (exact) mass is 641 g/mol. The number of anilines is 2. The average Bonchev–Trinajstić information content (AvgIpc) is 2.99. The number of rotatable bonds is 6. The second kappa shape index (κ2) is 12.7. The fourth-order valence-corrected chi connectivity index (χ4v) is 5.96. The molecule has 1 saturated heterocycles. The summed E-state index contributed by atoms with van der Waals surface area (Å²) < 4.78 is 31.5. The van der Waals surface area contributed by atoms with E-state index < -0.39 is 24.2 Å². The number of likely N-dealkylation sites (tertiary alicyclic amines) is 1. The molecule has 2 heterocycles. The van der Waals surface area contributed by atoms with Crippen LogP contribution in [0.3, 0.4) is 0 Å². The minimum Gasteiger partial charge on any atom is -0.542 e. The zero-order valence-electron chi connectivity index (χ0n) is 23.6. The van der Waals surface area contributed by atoms with E-state index in [2.05, 4.69) is 5.32 Å². The summed E-state index contributed by atoms with van der Waals surface area (Å²) in [7, 11) is 0. The Labute approximate surface area is 260 Å². The Balaban J connectivity index is 0.000000515. The molecule has 3 aromatic rings. The molecule has 1 atom stereocenters. The Morgan fingerprint density at radius 2 is 1.69 bits per heavy atom. The van der Waals surface area contributed by atoms with Crippen molar-refractivity contribution in [2.45, 2.75) is 37.6 Å². The Kier molecular flexibility index (Phi) is 8.98. The van der Waals surface area contributed by atoms with Crippen molar-refractivity contribution < 1.29 is 47.5 Å². The number of aromatic carboxylic acids is 1. The summed E-state index contributed by atoms with van der Waals surface area (Å²) in [5, 5.41) is 22.0. The molecule has 3 aliphatic rings. The quantitative estimate of drug-likeness (QED) is 0.377. The van der Waals surface area contributed by atoms with Crippen molar-refractivity contribution in [2.75, 3.05) is 23.3 Å². The number of aliphatic carboxylic acids is 1. The number of amides is 1. The maximum atomic E-state index is 13.9. The Hall–Kier alpha value is -4.68. The van der Waals surface area contributed by atoms with Crippen molar-refractivity contribution in [2.24, 2.45) is 0 Å². The van der Waals surface area contributed by atoms with Gasteiger partial charge in [0.2, 0.25) is 0 Å². The summed E-state index contributed by atoms with van der Waals surface area (Å²) >= 11 is 6.21. The highest BCUT2D eigenvalue weighted by Gasteiger charge is 2.43. The molecule has 9 nitrogen and oxygen atoms in total. The number of alkyl halides is 3. The van der Waals surface area contributed by atoms with Crippen LogP contribution in [0.25, 0.3) is 6.08 Å². The number of carboxylic acids is 2. The minimum absolute atomic E-state index is 0.0751. The van der Waals surface area contributed by atoms with Crippen LogP contribution in [0.4, 0.5) is 24.5 Å². The maximum absolute atomic E-state index is 13.9. The number of hydrogen-bond acceptors (Lipinski definition) is 6. The van der Waals surface area contributed by atoms with E-state index in [9.17, 15) is 27.6 Å². The normalized spacial score (nSPS) is 20.3. The number of ketones is 1. The third kappa shape index (κ3) is 6.86. The summed E-state index contributed by atoms with van der Waals surface area (Å²) in [6, 6.07) is 17.4. The van der Waals surface area contributed by atoms with Crippen LogP contribution in [0.1, 0.15) is 55.0 Å². The van der Waals surface area contributed by atoms with Crippen LogP contribution in [0, 0.1) is 0 Å². The zero-order valence-corrected chi connectivity index (χ0v) is 24.3. The number of carbonyl (C=O) groups excluding carboxylic acids is 3. The van der Waals surface area contributed by atoms with E-state index in [4.69, 9.17) is 26.6 Å². The third-order valence-corrected chi connectivity index (χ3v) is 8.18. The van der Waals surface area contributed by atoms with Crippen molar-refractivity contribution in [3.05, 3.63) is 99.6 Å². The molecule has 13 heteroatoms. The molecule has 6 rings (SSSR count). The van der Waals surface area contributed by atoms with Crippen LogP contribution in [0.5, 0.6) is 0 Å². The SMILES string of the molecule is O=C(O)c1ccc(C[NH+]2CCC(Nc3ccc4c5c3C(=O)N(c3cccc(Cl)c3)C(C=C4)C5=O)CC2)cc1.O=C([O-])C(F)(F)F. The topological polar surface area (TPSA) is 131 Å². The van der Waals surface area contributed by atoms with Crippen LogP contribution in [0.2, 0.25) is 5.02 Å². The molecule has 45 heavy (non-hydrogen) atoms. The van der Waals surface area contributed by atoms with E-state index in [-0.39, 0.29) is 17.7 Å². The van der Waals surface area contributed by atoms with Gasteiger partial charge in [0, 0.05) is 46.4 Å². The molecule has 1 aliphatic carbocycles. The predicted octanol–water partition coefficient (Wildman–Crippen LogP) is 3.23. The summed E-state index contributed by atoms with van der Waals surface area (Å²) in [5.74, 6) is -4.20. The van der Waals surface area contributed by atoms with Crippen molar-refractivity contribution in [1.29, 1.82) is 0 Å². The van der Waals surface area contributed by atoms with Gasteiger partial charge in [-0.25, -0.2) is 4.79 Å². The van der Waals surface area contributed by atoms with Gasteiger partial charge in [-0.1, -0.05) is 48.0 Å². The van der Waals surface area contributed by atoms with Gasteiger partial charge in [-0.15, -0.1) is 0 Å². The summed E-state index contributed by atoms with van der Waals surface area (Å²) in [5.41, 5.74) is 4.41. The van der Waals surface area contributed by atoms with E-state index in [1.807, 2.05) is 30.3 Å². The highest BCUT2D eigenvalue weighted by atomic mass is 35.5. The highest BCUT2D eigenvalue weighted by molar-refractivity contribution is 6.31. The zero-order chi connectivity index (χ0) is 32.5. The lowest BCUT2D eigenvalue weighted by atomic mass is 9.82. The van der Waals surface area contributed by atoms with Gasteiger partial charge in [-0.2, -0.15) is 13.2 Å². The van der Waals surface area contributed by atoms with Crippen LogP contribution < -0.4 is 20.2 Å². The lowest BCUT2D eigenvalue weighted by molar-refractivity contribution is -0.918. The van der Waals surface area contributed by atoms with E-state index in [1.165, 1.54) is 4.90 Å². The molecule has 0 radical (unpaired) electrons. The summed E-state index contributed by atoms with van der Waals surface area (Å²) in [6.07, 6.45) is 0.347. The number of quaternary nitrogens is 1. The van der Waals surface area contributed by atoms with Crippen molar-refractivity contribution in [1.82, 2.24) is 0 Å². The van der Waals surface area contributed by atoms with Crippen LogP contribution in [-0.4, -0.2) is 60.1 Å². The van der Waals surface area contributed by atoms with Gasteiger partial charge in [0.1, 0.15) is 18.6 Å². The first-order valence-electron chi connectivity index (χ1n) is 14.0. The lowest BCUT2D eigenvalue weighted by Gasteiger charge is -2.38. The molecule has 3 aromatic carbocycles. The van der Waals surface area contributed by atoms with Gasteiger partial charge in [0.25, 0.3) is 5.91 Å². The van der Waals surface area contributed by atoms with Gasteiger partial charge in [0.15, 0.2) is 5.78 Å². The standard InChI is InChI=1S/C30H26ClN3O4.C2HF3O2/c31-21-2-1-3-23(16-21)34-25-11-9-19-8-10-24(27(29(34)36)26(19)28(25)35)32-22-12-14-33(15-13-22)17-18-4-6-20(7-5-18)30(37)38;3-2(4,5)1(6)7/h1-11,16,22,25,32H,12-15,17H2,(H,37,38);(H,6,7). The van der Waals surface area contributed by atoms with Crippen LogP contribution in [0.15, 0.2) is 66.7 Å². The second-order valence-corrected chi connectivity index (χ2v) is 11.3. The molecule has 2 aliphatic heterocycles. The molecule has 1 amide bonds. The van der Waals surface area contributed by atoms with Crippen molar-refractivity contribution in [3.63, 3.8) is 0 Å². The Morgan fingerprint density at radius 1 is 1.02 bits per heavy atom. The van der Waals surface area contributed by atoms with E-state index in [1.54, 1.807) is 47.4 Å². The molecule has 1 unspecified atom stereocenters. The highest BCUT2D eigenvalue weighted by Crippen LogP contribution is 2.39. The lowest BCUT2D eigenvalue weighted by Crippen LogP contribution is -3.12. The molecule has 0 saturated carbocycles. The number of carbonyl (C=O) groups is 4. The predicted molar refractivity (Wildman–Crippen MR) is 157 cm³/mol. The number of nitrogens with one attached hydrogen (secondary N) is 2. The van der Waals surface area contributed by atoms with E-state index >= 15 is 0 Å². The first kappa shape index (κ1) is 31.7. The smallest absolute Gasteiger partial charge is 0.430 e. The fraction of sp³-hybridized carbons (Fsp3) is 0.250. The number of piperidine rings is 1. The number of halogens is 4. The first-order chi connectivity index (χ1) is 21.3. The fourth-order valence-electron chi connectivity index (χ4n) is 5.77. The van der Waals surface area contributed by atoms with Gasteiger partial charge < -0.3 is 25.2 Å². The number of hydrogen-bond donors (Lipinski definition) is 3. The molecular formula is C32H27ClF3N3O6. The second-order valence-electron chi connectivity index (χ2n) is 10.9. The average molecular weight is 642 g/mol. The van der Waals surface area contributed by atoms with Gasteiger partial charge in [-0.05, 0) is 42.0 Å². The largest absolute Gasteiger partial charge is 0.542 e. The van der Waals surface area contributed by atoms with Crippen LogP contribution >= 0.6 is 11.6 Å². The van der Waals surface area contributed by atoms with E-state index in [0.717, 1.165) is 43.6 Å².